The smallest absolute Gasteiger partial charge is 0.232 e. The van der Waals surface area contributed by atoms with Gasteiger partial charge in [-0.05, 0) is 44.7 Å². The van der Waals surface area contributed by atoms with Gasteiger partial charge in [0.2, 0.25) is 5.88 Å². The summed E-state index contributed by atoms with van der Waals surface area (Å²) in [6.45, 7) is 8.56. The standard InChI is InChI=1S/C30H42F2N2OS/c1-5-7-9-11-12-14-16-23(15-13-10-8-6-2)20-35-25-19-33-30-26(24-18-17-21(3)36-24)28(32)27(31)22(4)29(30)34-25/h17-19,23H,5-16,20H2,1-4H3. The van der Waals surface area contributed by atoms with Gasteiger partial charge in [0.25, 0.3) is 0 Å². The van der Waals surface area contributed by atoms with Crippen molar-refractivity contribution in [3.8, 4) is 16.3 Å². The first-order valence-corrected chi connectivity index (χ1v) is 14.6. The molecule has 1 unspecified atom stereocenters. The Morgan fingerprint density at radius 1 is 0.833 bits per heavy atom. The van der Waals surface area contributed by atoms with Gasteiger partial charge in [-0.3, -0.25) is 0 Å². The van der Waals surface area contributed by atoms with Crippen LogP contribution in [-0.4, -0.2) is 16.6 Å². The van der Waals surface area contributed by atoms with Crippen LogP contribution in [0.1, 0.15) is 101 Å². The summed E-state index contributed by atoms with van der Waals surface area (Å²) in [4.78, 5) is 10.8. The van der Waals surface area contributed by atoms with Crippen molar-refractivity contribution < 1.29 is 13.5 Å². The average molecular weight is 517 g/mol. The molecule has 0 N–H and O–H groups in total. The molecule has 2 aromatic heterocycles. The van der Waals surface area contributed by atoms with Crippen LogP contribution in [0.15, 0.2) is 18.3 Å². The summed E-state index contributed by atoms with van der Waals surface area (Å²) in [6.07, 6.45) is 16.6. The minimum Gasteiger partial charge on any atom is -0.476 e. The summed E-state index contributed by atoms with van der Waals surface area (Å²) in [5.74, 6) is -0.879. The summed E-state index contributed by atoms with van der Waals surface area (Å²) in [5, 5.41) is 0. The normalized spacial score (nSPS) is 12.4. The van der Waals surface area contributed by atoms with E-state index >= 15 is 0 Å². The molecular formula is C30H42F2N2OS. The maximum absolute atomic E-state index is 15.0. The predicted molar refractivity (Wildman–Crippen MR) is 148 cm³/mol. The van der Waals surface area contributed by atoms with Crippen LogP contribution in [-0.2, 0) is 0 Å². The van der Waals surface area contributed by atoms with Crippen molar-refractivity contribution in [2.45, 2.75) is 105 Å². The van der Waals surface area contributed by atoms with Crippen molar-refractivity contribution in [2.24, 2.45) is 5.92 Å². The van der Waals surface area contributed by atoms with Gasteiger partial charge in [-0.1, -0.05) is 78.1 Å². The number of rotatable bonds is 16. The van der Waals surface area contributed by atoms with E-state index in [0.717, 1.165) is 17.7 Å². The number of unbranched alkanes of at least 4 members (excludes halogenated alkanes) is 8. The van der Waals surface area contributed by atoms with Gasteiger partial charge in [-0.15, -0.1) is 11.3 Å². The molecule has 6 heteroatoms. The first kappa shape index (κ1) is 28.5. The topological polar surface area (TPSA) is 35.0 Å². The molecule has 3 nitrogen and oxygen atoms in total. The minimum atomic E-state index is -0.869. The molecular weight excluding hydrogens is 474 g/mol. The molecule has 0 amide bonds. The summed E-state index contributed by atoms with van der Waals surface area (Å²) >= 11 is 1.42. The summed E-state index contributed by atoms with van der Waals surface area (Å²) in [6, 6.07) is 3.71. The summed E-state index contributed by atoms with van der Waals surface area (Å²) in [5.41, 5.74) is 1.09. The van der Waals surface area contributed by atoms with E-state index in [4.69, 9.17) is 4.74 Å². The Labute approximate surface area is 219 Å². The van der Waals surface area contributed by atoms with Crippen molar-refractivity contribution in [1.29, 1.82) is 0 Å². The third-order valence-electron chi connectivity index (χ3n) is 6.97. The highest BCUT2D eigenvalue weighted by atomic mass is 32.1. The van der Waals surface area contributed by atoms with E-state index < -0.39 is 11.6 Å². The van der Waals surface area contributed by atoms with Gasteiger partial charge in [0, 0.05) is 15.3 Å². The zero-order chi connectivity index (χ0) is 25.9. The number of fused-ring (bicyclic) bond motifs is 1. The first-order valence-electron chi connectivity index (χ1n) is 13.8. The second-order valence-corrected chi connectivity index (χ2v) is 11.3. The van der Waals surface area contributed by atoms with Crippen LogP contribution in [0.3, 0.4) is 0 Å². The second-order valence-electron chi connectivity index (χ2n) is 10.0. The predicted octanol–water partition coefficient (Wildman–Crippen LogP) is 9.97. The largest absolute Gasteiger partial charge is 0.476 e. The summed E-state index contributed by atoms with van der Waals surface area (Å²) in [7, 11) is 0. The van der Waals surface area contributed by atoms with Crippen LogP contribution in [0.25, 0.3) is 21.5 Å². The van der Waals surface area contributed by atoms with Gasteiger partial charge in [-0.25, -0.2) is 18.7 Å². The lowest BCUT2D eigenvalue weighted by Gasteiger charge is -2.18. The Morgan fingerprint density at radius 3 is 2.11 bits per heavy atom. The molecule has 0 saturated heterocycles. The molecule has 0 fully saturated rings. The van der Waals surface area contributed by atoms with Gasteiger partial charge < -0.3 is 4.74 Å². The van der Waals surface area contributed by atoms with Crippen LogP contribution >= 0.6 is 11.3 Å². The monoisotopic (exact) mass is 516 g/mol. The number of thiophene rings is 1. The van der Waals surface area contributed by atoms with Crippen molar-refractivity contribution >= 4 is 22.4 Å². The molecule has 0 bridgehead atoms. The highest BCUT2D eigenvalue weighted by molar-refractivity contribution is 7.15. The number of benzene rings is 1. The van der Waals surface area contributed by atoms with E-state index in [1.54, 1.807) is 13.1 Å². The molecule has 3 rings (SSSR count). The molecule has 0 saturated carbocycles. The number of halogens is 2. The number of aromatic nitrogens is 2. The van der Waals surface area contributed by atoms with Crippen molar-refractivity contribution in [3.63, 3.8) is 0 Å². The van der Waals surface area contributed by atoms with Crippen LogP contribution in [0.5, 0.6) is 5.88 Å². The van der Waals surface area contributed by atoms with Gasteiger partial charge in [0.05, 0.1) is 23.9 Å². The molecule has 0 aliphatic heterocycles. The van der Waals surface area contributed by atoms with Gasteiger partial charge in [0.15, 0.2) is 11.6 Å². The van der Waals surface area contributed by atoms with E-state index in [1.807, 2.05) is 19.1 Å². The quantitative estimate of drug-likeness (QED) is 0.178. The zero-order valence-electron chi connectivity index (χ0n) is 22.5. The Morgan fingerprint density at radius 2 is 1.47 bits per heavy atom. The molecule has 36 heavy (non-hydrogen) atoms. The van der Waals surface area contributed by atoms with Crippen molar-refractivity contribution in [2.75, 3.05) is 6.61 Å². The lowest BCUT2D eigenvalue weighted by molar-refractivity contribution is 0.217. The molecule has 3 aromatic rings. The number of nitrogens with zero attached hydrogens (tertiary/aromatic N) is 2. The number of ether oxygens (including phenoxy) is 1. The molecule has 0 spiro atoms. The number of hydrogen-bond acceptors (Lipinski definition) is 4. The lowest BCUT2D eigenvalue weighted by Crippen LogP contribution is -2.13. The number of aryl methyl sites for hydroxylation is 2. The van der Waals surface area contributed by atoms with Crippen LogP contribution in [0.2, 0.25) is 0 Å². The maximum atomic E-state index is 15.0. The minimum absolute atomic E-state index is 0.167. The fourth-order valence-electron chi connectivity index (χ4n) is 4.75. The lowest BCUT2D eigenvalue weighted by atomic mass is 9.95. The molecule has 1 atom stereocenters. The third kappa shape index (κ3) is 7.71. The van der Waals surface area contributed by atoms with E-state index in [-0.39, 0.29) is 11.1 Å². The molecule has 0 aliphatic rings. The fourth-order valence-corrected chi connectivity index (χ4v) is 5.66. The van der Waals surface area contributed by atoms with Crippen LogP contribution in [0.4, 0.5) is 8.78 Å². The second kappa shape index (κ2) is 14.6. The van der Waals surface area contributed by atoms with E-state index in [0.29, 0.717) is 34.3 Å². The van der Waals surface area contributed by atoms with E-state index in [2.05, 4.69) is 23.8 Å². The van der Waals surface area contributed by atoms with Gasteiger partial charge in [0.1, 0.15) is 5.52 Å². The van der Waals surface area contributed by atoms with Crippen LogP contribution in [0, 0.1) is 31.4 Å². The van der Waals surface area contributed by atoms with Gasteiger partial charge >= 0.3 is 0 Å². The molecule has 0 aliphatic carbocycles. The maximum Gasteiger partial charge on any atom is 0.232 e. The van der Waals surface area contributed by atoms with E-state index in [9.17, 15) is 8.78 Å². The van der Waals surface area contributed by atoms with E-state index in [1.165, 1.54) is 75.5 Å². The molecule has 198 valence electrons. The zero-order valence-corrected chi connectivity index (χ0v) is 23.3. The average Bonchev–Trinajstić information content (AvgIpc) is 3.31. The highest BCUT2D eigenvalue weighted by Crippen LogP contribution is 2.37. The Kier molecular flexibility index (Phi) is 11.6. The Bertz CT molecular complexity index is 1100. The highest BCUT2D eigenvalue weighted by Gasteiger charge is 2.22. The summed E-state index contributed by atoms with van der Waals surface area (Å²) < 4.78 is 35.9. The number of hydrogen-bond donors (Lipinski definition) is 0. The Balaban J connectivity index is 1.73. The van der Waals surface area contributed by atoms with Gasteiger partial charge in [-0.2, -0.15) is 0 Å². The first-order chi connectivity index (χ1) is 17.5. The van der Waals surface area contributed by atoms with Crippen LogP contribution < -0.4 is 4.74 Å². The SMILES string of the molecule is CCCCCCCCC(CCCCCC)COc1cnc2c(-c3ccc(C)s3)c(F)c(F)c(C)c2n1. The third-order valence-corrected chi connectivity index (χ3v) is 7.99. The van der Waals surface area contributed by atoms with Crippen molar-refractivity contribution in [1.82, 2.24) is 9.97 Å². The Hall–Kier alpha value is -2.08. The molecule has 2 heterocycles. The van der Waals surface area contributed by atoms with Crippen molar-refractivity contribution in [3.05, 3.63) is 40.4 Å². The molecule has 1 aromatic carbocycles. The molecule has 0 radical (unpaired) electrons. The fraction of sp³-hybridized carbons (Fsp3) is 0.600.